The van der Waals surface area contributed by atoms with Gasteiger partial charge in [-0.3, -0.25) is 9.71 Å². The maximum atomic E-state index is 16.0. The highest BCUT2D eigenvalue weighted by Gasteiger charge is 2.26. The number of aliphatic hydroxyl groups is 1. The summed E-state index contributed by atoms with van der Waals surface area (Å²) in [6.45, 7) is 0.0505. The minimum Gasteiger partial charge on any atom is -0.395 e. The Balaban J connectivity index is 1.63. The standard InChI is InChI=1S/C26H18Cl2F2N6O3S2/c27-17-4-2-5-18(28)24(17)41(38,39)36-19-6-1-3-16(21(19)30)22-23(20-7-8-32-26(34-20)33-9-10-37)40-25(35-22)14-11-15(29)13-31-12-14/h1-8,11-13,36-37H,9-10H2,(H,32,33,34). The quantitative estimate of drug-likeness (QED) is 0.177. The van der Waals surface area contributed by atoms with Crippen LogP contribution in [-0.4, -0.2) is 46.6 Å². The van der Waals surface area contributed by atoms with Gasteiger partial charge in [-0.05, 0) is 36.4 Å². The number of thiazole rings is 1. The lowest BCUT2D eigenvalue weighted by Gasteiger charge is -2.13. The molecule has 0 bridgehead atoms. The van der Waals surface area contributed by atoms with Gasteiger partial charge < -0.3 is 10.4 Å². The van der Waals surface area contributed by atoms with Gasteiger partial charge in [-0.1, -0.05) is 35.3 Å². The summed E-state index contributed by atoms with van der Waals surface area (Å²) in [5.41, 5.74) is 0.396. The van der Waals surface area contributed by atoms with Gasteiger partial charge in [0.15, 0.2) is 5.82 Å². The molecule has 0 amide bonds. The van der Waals surface area contributed by atoms with Crippen molar-refractivity contribution < 1.29 is 22.3 Å². The predicted molar refractivity (Wildman–Crippen MR) is 155 cm³/mol. The number of anilines is 2. The number of rotatable bonds is 9. The molecule has 0 saturated carbocycles. The van der Waals surface area contributed by atoms with Crippen molar-refractivity contribution in [1.29, 1.82) is 0 Å². The summed E-state index contributed by atoms with van der Waals surface area (Å²) in [6.07, 6.45) is 3.93. The molecule has 15 heteroatoms. The lowest BCUT2D eigenvalue weighted by molar-refractivity contribution is 0.311. The largest absolute Gasteiger partial charge is 0.395 e. The van der Waals surface area contributed by atoms with Gasteiger partial charge in [-0.2, -0.15) is 0 Å². The number of hydrogen-bond donors (Lipinski definition) is 3. The van der Waals surface area contributed by atoms with E-state index < -0.39 is 26.6 Å². The minimum absolute atomic E-state index is 0.0548. The number of hydrogen-bond acceptors (Lipinski definition) is 9. The highest BCUT2D eigenvalue weighted by atomic mass is 35.5. The van der Waals surface area contributed by atoms with Crippen LogP contribution in [0, 0.1) is 11.6 Å². The first kappa shape index (κ1) is 28.8. The van der Waals surface area contributed by atoms with E-state index in [0.29, 0.717) is 21.1 Å². The molecule has 9 nitrogen and oxygen atoms in total. The molecule has 210 valence electrons. The molecule has 3 aromatic heterocycles. The molecule has 5 aromatic rings. The van der Waals surface area contributed by atoms with Crippen molar-refractivity contribution in [2.75, 3.05) is 23.2 Å². The predicted octanol–water partition coefficient (Wildman–Crippen LogP) is 6.12. The first-order chi connectivity index (χ1) is 19.7. The van der Waals surface area contributed by atoms with E-state index in [1.807, 2.05) is 0 Å². The van der Waals surface area contributed by atoms with Crippen LogP contribution < -0.4 is 10.0 Å². The summed E-state index contributed by atoms with van der Waals surface area (Å²) in [4.78, 5) is 17.0. The molecule has 0 aliphatic heterocycles. The zero-order valence-electron chi connectivity index (χ0n) is 20.6. The Morgan fingerprint density at radius 2 is 1.76 bits per heavy atom. The topological polar surface area (TPSA) is 130 Å². The van der Waals surface area contributed by atoms with E-state index in [9.17, 15) is 12.8 Å². The van der Waals surface area contributed by atoms with Gasteiger partial charge in [0.2, 0.25) is 5.95 Å². The molecule has 0 spiro atoms. The lowest BCUT2D eigenvalue weighted by atomic mass is 10.1. The van der Waals surface area contributed by atoms with Crippen molar-refractivity contribution in [2.45, 2.75) is 4.90 Å². The van der Waals surface area contributed by atoms with Crippen LogP contribution in [0.5, 0.6) is 0 Å². The smallest absolute Gasteiger partial charge is 0.264 e. The van der Waals surface area contributed by atoms with E-state index in [1.54, 1.807) is 6.07 Å². The van der Waals surface area contributed by atoms with E-state index in [-0.39, 0.29) is 46.1 Å². The Kier molecular flexibility index (Phi) is 8.42. The van der Waals surface area contributed by atoms with Gasteiger partial charge in [0.1, 0.15) is 15.7 Å². The number of nitrogens with zero attached hydrogens (tertiary/aromatic N) is 4. The number of pyridine rings is 1. The summed E-state index contributed by atoms with van der Waals surface area (Å²) < 4.78 is 58.5. The second-order valence-electron chi connectivity index (χ2n) is 8.33. The zero-order chi connectivity index (χ0) is 29.1. The minimum atomic E-state index is -4.39. The van der Waals surface area contributed by atoms with Crippen molar-refractivity contribution in [3.8, 4) is 32.4 Å². The molecule has 0 saturated heterocycles. The summed E-state index contributed by atoms with van der Waals surface area (Å²) in [5, 5.41) is 12.0. The van der Waals surface area contributed by atoms with E-state index in [2.05, 4.69) is 30.0 Å². The SMILES string of the molecule is O=S(=O)(Nc1cccc(-c2nc(-c3cncc(F)c3)sc2-c2ccnc(NCCO)n2)c1F)c1c(Cl)cccc1Cl. The third-order valence-electron chi connectivity index (χ3n) is 5.55. The number of aliphatic hydroxyl groups excluding tert-OH is 1. The van der Waals surface area contributed by atoms with Gasteiger partial charge >= 0.3 is 0 Å². The van der Waals surface area contributed by atoms with E-state index >= 15 is 4.39 Å². The molecule has 0 unspecified atom stereocenters. The second kappa shape index (κ2) is 12.0. The average Bonchev–Trinajstić information content (AvgIpc) is 3.38. The molecule has 41 heavy (non-hydrogen) atoms. The van der Waals surface area contributed by atoms with Crippen LogP contribution in [-0.2, 0) is 10.0 Å². The summed E-state index contributed by atoms with van der Waals surface area (Å²) in [6, 6.07) is 11.1. The average molecular weight is 636 g/mol. The molecule has 0 radical (unpaired) electrons. The number of aromatic nitrogens is 4. The van der Waals surface area contributed by atoms with Crippen LogP contribution in [0.4, 0.5) is 20.4 Å². The van der Waals surface area contributed by atoms with Gasteiger partial charge in [0.25, 0.3) is 10.0 Å². The summed E-state index contributed by atoms with van der Waals surface area (Å²) >= 11 is 13.3. The Bertz CT molecular complexity index is 1840. The normalized spacial score (nSPS) is 11.4. The monoisotopic (exact) mass is 634 g/mol. The molecule has 5 rings (SSSR count). The van der Waals surface area contributed by atoms with Gasteiger partial charge in [-0.15, -0.1) is 11.3 Å². The third kappa shape index (κ3) is 6.14. The molecule has 3 N–H and O–H groups in total. The van der Waals surface area contributed by atoms with E-state index in [1.165, 1.54) is 54.9 Å². The van der Waals surface area contributed by atoms with Crippen LogP contribution in [0.3, 0.4) is 0 Å². The van der Waals surface area contributed by atoms with Gasteiger partial charge in [0.05, 0.1) is 44.8 Å². The van der Waals surface area contributed by atoms with E-state index in [0.717, 1.165) is 17.5 Å². The number of halogens is 4. The molecule has 2 aromatic carbocycles. The van der Waals surface area contributed by atoms with Crippen LogP contribution >= 0.6 is 34.5 Å². The Morgan fingerprint density at radius 3 is 2.49 bits per heavy atom. The molecule has 0 aliphatic carbocycles. The Labute approximate surface area is 247 Å². The van der Waals surface area contributed by atoms with Crippen molar-refractivity contribution in [3.63, 3.8) is 0 Å². The summed E-state index contributed by atoms with van der Waals surface area (Å²) in [5.74, 6) is -1.30. The van der Waals surface area contributed by atoms with Crippen LogP contribution in [0.2, 0.25) is 10.0 Å². The Hall–Kier alpha value is -3.75. The number of benzene rings is 2. The maximum absolute atomic E-state index is 16.0. The second-order valence-corrected chi connectivity index (χ2v) is 11.8. The van der Waals surface area contributed by atoms with Crippen molar-refractivity contribution in [1.82, 2.24) is 19.9 Å². The van der Waals surface area contributed by atoms with Crippen LogP contribution in [0.25, 0.3) is 32.4 Å². The molecule has 0 atom stereocenters. The fraction of sp³-hybridized carbons (Fsp3) is 0.0769. The maximum Gasteiger partial charge on any atom is 0.264 e. The van der Waals surface area contributed by atoms with Crippen molar-refractivity contribution >= 4 is 56.2 Å². The molecule has 3 heterocycles. The van der Waals surface area contributed by atoms with Gasteiger partial charge in [0, 0.05) is 30.1 Å². The highest BCUT2D eigenvalue weighted by Crippen LogP contribution is 2.42. The first-order valence-corrected chi connectivity index (χ1v) is 14.8. The first-order valence-electron chi connectivity index (χ1n) is 11.7. The van der Waals surface area contributed by atoms with Crippen molar-refractivity contribution in [2.24, 2.45) is 0 Å². The Morgan fingerprint density at radius 1 is 1.00 bits per heavy atom. The molecular formula is C26H18Cl2F2N6O3S2. The number of sulfonamides is 1. The third-order valence-corrected chi connectivity index (χ3v) is 8.99. The fourth-order valence-corrected chi connectivity index (χ4v) is 7.03. The molecular weight excluding hydrogens is 617 g/mol. The zero-order valence-corrected chi connectivity index (χ0v) is 23.8. The molecule has 0 aliphatic rings. The van der Waals surface area contributed by atoms with E-state index in [4.69, 9.17) is 28.3 Å². The lowest BCUT2D eigenvalue weighted by Crippen LogP contribution is -2.15. The summed E-state index contributed by atoms with van der Waals surface area (Å²) in [7, 11) is -4.39. The van der Waals surface area contributed by atoms with Crippen LogP contribution in [0.1, 0.15) is 0 Å². The van der Waals surface area contributed by atoms with Gasteiger partial charge in [-0.25, -0.2) is 32.2 Å². The van der Waals surface area contributed by atoms with Crippen molar-refractivity contribution in [3.05, 3.63) is 88.8 Å². The van der Waals surface area contributed by atoms with Crippen LogP contribution in [0.15, 0.2) is 72.0 Å². The number of nitrogens with one attached hydrogen (secondary N) is 2. The highest BCUT2D eigenvalue weighted by molar-refractivity contribution is 7.93. The fourth-order valence-electron chi connectivity index (χ4n) is 3.80. The molecule has 0 fully saturated rings.